The summed E-state index contributed by atoms with van der Waals surface area (Å²) in [5, 5.41) is 10.1. The Morgan fingerprint density at radius 2 is 2.00 bits per heavy atom. The summed E-state index contributed by atoms with van der Waals surface area (Å²) >= 11 is 1.27. The van der Waals surface area contributed by atoms with E-state index in [0.29, 0.717) is 28.2 Å². The highest BCUT2D eigenvalue weighted by atomic mass is 32.2. The van der Waals surface area contributed by atoms with Crippen molar-refractivity contribution >= 4 is 23.4 Å². The molecule has 144 valence electrons. The van der Waals surface area contributed by atoms with Gasteiger partial charge in [-0.1, -0.05) is 11.8 Å². The second-order valence-electron chi connectivity index (χ2n) is 6.01. The van der Waals surface area contributed by atoms with Crippen molar-refractivity contribution in [3.05, 3.63) is 42.5 Å². The number of anilines is 1. The van der Waals surface area contributed by atoms with E-state index in [1.807, 2.05) is 24.3 Å². The number of nitrogens with one attached hydrogen (secondary N) is 2. The van der Waals surface area contributed by atoms with Crippen LogP contribution in [0.4, 0.5) is 5.69 Å². The molecule has 2 N–H and O–H groups in total. The summed E-state index contributed by atoms with van der Waals surface area (Å²) in [6, 6.07) is 12.8. The normalized spacial score (nSPS) is 13.2. The predicted molar refractivity (Wildman–Crippen MR) is 105 cm³/mol. The SMILES string of the molecule is COc1ccc(-c2nc(S[C@@H](C)C(=O)Nc3ccc4c(c3)OCO4)n[nH]2)cc1. The first-order valence-electron chi connectivity index (χ1n) is 8.56. The first-order valence-corrected chi connectivity index (χ1v) is 9.44. The van der Waals surface area contributed by atoms with Crippen LogP contribution in [0.3, 0.4) is 0 Å². The number of H-pyrrole nitrogens is 1. The molecule has 0 aliphatic carbocycles. The lowest BCUT2D eigenvalue weighted by Crippen LogP contribution is -2.22. The van der Waals surface area contributed by atoms with Crippen LogP contribution in [0.15, 0.2) is 47.6 Å². The largest absolute Gasteiger partial charge is 0.497 e. The fourth-order valence-corrected chi connectivity index (χ4v) is 3.33. The van der Waals surface area contributed by atoms with Crippen LogP contribution in [0.5, 0.6) is 17.2 Å². The van der Waals surface area contributed by atoms with Gasteiger partial charge in [-0.2, -0.15) is 0 Å². The van der Waals surface area contributed by atoms with Crippen LogP contribution in [0.2, 0.25) is 0 Å². The lowest BCUT2D eigenvalue weighted by Gasteiger charge is -2.10. The van der Waals surface area contributed by atoms with E-state index in [2.05, 4.69) is 20.5 Å². The zero-order valence-electron chi connectivity index (χ0n) is 15.3. The third-order valence-electron chi connectivity index (χ3n) is 4.12. The Balaban J connectivity index is 1.38. The number of nitrogens with zero attached hydrogens (tertiary/aromatic N) is 2. The molecule has 8 nitrogen and oxygen atoms in total. The predicted octanol–water partition coefficient (Wildman–Crippen LogP) is 3.33. The number of amides is 1. The van der Waals surface area contributed by atoms with Crippen LogP contribution in [-0.2, 0) is 4.79 Å². The molecule has 1 aliphatic rings. The maximum absolute atomic E-state index is 12.5. The van der Waals surface area contributed by atoms with E-state index < -0.39 is 0 Å². The fraction of sp³-hybridized carbons (Fsp3) is 0.211. The van der Waals surface area contributed by atoms with Crippen LogP contribution < -0.4 is 19.5 Å². The minimum atomic E-state index is -0.384. The zero-order chi connectivity index (χ0) is 19.5. The fourth-order valence-electron chi connectivity index (χ4n) is 2.61. The quantitative estimate of drug-likeness (QED) is 0.615. The van der Waals surface area contributed by atoms with Crippen LogP contribution in [0.25, 0.3) is 11.4 Å². The van der Waals surface area contributed by atoms with Crippen LogP contribution in [0.1, 0.15) is 6.92 Å². The van der Waals surface area contributed by atoms with E-state index in [1.165, 1.54) is 11.8 Å². The standard InChI is InChI=1S/C19H18N4O4S/c1-11(18(24)20-13-5-8-15-16(9-13)27-10-26-15)28-19-21-17(22-23-19)12-3-6-14(25-2)7-4-12/h3-9,11H,10H2,1-2H3,(H,20,24)(H,21,22,23)/t11-/m0/s1. The van der Waals surface area contributed by atoms with Gasteiger partial charge < -0.3 is 19.5 Å². The minimum absolute atomic E-state index is 0.153. The van der Waals surface area contributed by atoms with Gasteiger partial charge >= 0.3 is 0 Å². The van der Waals surface area contributed by atoms with Gasteiger partial charge in [-0.3, -0.25) is 9.89 Å². The smallest absolute Gasteiger partial charge is 0.237 e. The number of hydrogen-bond acceptors (Lipinski definition) is 7. The highest BCUT2D eigenvalue weighted by molar-refractivity contribution is 8.00. The van der Waals surface area contributed by atoms with E-state index in [1.54, 1.807) is 32.2 Å². The average molecular weight is 398 g/mol. The van der Waals surface area contributed by atoms with Gasteiger partial charge in [0.2, 0.25) is 17.9 Å². The molecule has 1 aromatic heterocycles. The highest BCUT2D eigenvalue weighted by Gasteiger charge is 2.19. The van der Waals surface area contributed by atoms with Gasteiger partial charge in [-0.25, -0.2) is 4.98 Å². The Morgan fingerprint density at radius 3 is 2.79 bits per heavy atom. The number of ether oxygens (including phenoxy) is 3. The Hall–Kier alpha value is -3.20. The van der Waals surface area contributed by atoms with E-state index >= 15 is 0 Å². The van der Waals surface area contributed by atoms with Gasteiger partial charge in [0.05, 0.1) is 12.4 Å². The number of aromatic nitrogens is 3. The zero-order valence-corrected chi connectivity index (χ0v) is 16.1. The van der Waals surface area contributed by atoms with Crippen molar-refractivity contribution in [2.75, 3.05) is 19.2 Å². The summed E-state index contributed by atoms with van der Waals surface area (Å²) < 4.78 is 15.7. The summed E-state index contributed by atoms with van der Waals surface area (Å²) in [6.45, 7) is 2.00. The summed E-state index contributed by atoms with van der Waals surface area (Å²) in [5.41, 5.74) is 1.54. The van der Waals surface area contributed by atoms with Gasteiger partial charge in [0.15, 0.2) is 17.3 Å². The van der Waals surface area contributed by atoms with Gasteiger partial charge in [0.25, 0.3) is 0 Å². The lowest BCUT2D eigenvalue weighted by molar-refractivity contribution is -0.115. The van der Waals surface area contributed by atoms with Crippen LogP contribution >= 0.6 is 11.8 Å². The maximum atomic E-state index is 12.5. The molecule has 1 aliphatic heterocycles. The molecule has 0 saturated carbocycles. The van der Waals surface area contributed by atoms with Crippen molar-refractivity contribution in [3.63, 3.8) is 0 Å². The molecule has 4 rings (SSSR count). The molecule has 9 heteroatoms. The van der Waals surface area contributed by atoms with Crippen molar-refractivity contribution < 1.29 is 19.0 Å². The van der Waals surface area contributed by atoms with Gasteiger partial charge in [-0.15, -0.1) is 5.10 Å². The number of carbonyl (C=O) groups excluding carboxylic acids is 1. The molecule has 0 bridgehead atoms. The average Bonchev–Trinajstić information content (AvgIpc) is 3.37. The molecule has 0 spiro atoms. The first kappa shape index (κ1) is 18.2. The molecular formula is C19H18N4O4S. The summed E-state index contributed by atoms with van der Waals surface area (Å²) in [7, 11) is 1.62. The molecule has 0 fully saturated rings. The molecule has 0 radical (unpaired) electrons. The molecule has 0 unspecified atom stereocenters. The maximum Gasteiger partial charge on any atom is 0.237 e. The van der Waals surface area contributed by atoms with E-state index in [9.17, 15) is 4.79 Å². The van der Waals surface area contributed by atoms with E-state index in [0.717, 1.165) is 11.3 Å². The third-order valence-corrected chi connectivity index (χ3v) is 5.08. The van der Waals surface area contributed by atoms with E-state index in [-0.39, 0.29) is 18.0 Å². The first-order chi connectivity index (χ1) is 13.6. The second-order valence-corrected chi connectivity index (χ2v) is 7.32. The molecule has 1 atom stereocenters. The molecule has 0 saturated heterocycles. The molecular weight excluding hydrogens is 380 g/mol. The van der Waals surface area contributed by atoms with Crippen molar-refractivity contribution in [1.29, 1.82) is 0 Å². The van der Waals surface area contributed by atoms with Gasteiger partial charge in [0.1, 0.15) is 5.75 Å². The van der Waals surface area contributed by atoms with Gasteiger partial charge in [-0.05, 0) is 43.3 Å². The molecule has 2 heterocycles. The third kappa shape index (κ3) is 3.89. The molecule has 2 aromatic carbocycles. The highest BCUT2D eigenvalue weighted by Crippen LogP contribution is 2.34. The number of rotatable bonds is 6. The lowest BCUT2D eigenvalue weighted by atomic mass is 10.2. The van der Waals surface area contributed by atoms with Crippen molar-refractivity contribution in [2.45, 2.75) is 17.3 Å². The number of carbonyl (C=O) groups is 1. The van der Waals surface area contributed by atoms with Crippen LogP contribution in [-0.4, -0.2) is 40.2 Å². The number of thioether (sulfide) groups is 1. The number of fused-ring (bicyclic) bond motifs is 1. The van der Waals surface area contributed by atoms with Crippen molar-refractivity contribution in [1.82, 2.24) is 15.2 Å². The number of methoxy groups -OCH3 is 1. The number of aromatic amines is 1. The van der Waals surface area contributed by atoms with E-state index in [4.69, 9.17) is 14.2 Å². The molecule has 28 heavy (non-hydrogen) atoms. The Bertz CT molecular complexity index is 990. The summed E-state index contributed by atoms with van der Waals surface area (Å²) in [5.74, 6) is 2.54. The molecule has 1 amide bonds. The summed E-state index contributed by atoms with van der Waals surface area (Å²) in [4.78, 5) is 16.9. The number of hydrogen-bond donors (Lipinski definition) is 2. The monoisotopic (exact) mass is 398 g/mol. The second kappa shape index (κ2) is 7.81. The Morgan fingerprint density at radius 1 is 1.21 bits per heavy atom. The Labute approximate surface area is 165 Å². The minimum Gasteiger partial charge on any atom is -0.497 e. The topological polar surface area (TPSA) is 98.4 Å². The van der Waals surface area contributed by atoms with Crippen molar-refractivity contribution in [2.24, 2.45) is 0 Å². The van der Waals surface area contributed by atoms with Crippen molar-refractivity contribution in [3.8, 4) is 28.6 Å². The summed E-state index contributed by atoms with van der Waals surface area (Å²) in [6.07, 6.45) is 0. The van der Waals surface area contributed by atoms with Crippen LogP contribution in [0, 0.1) is 0 Å². The van der Waals surface area contributed by atoms with Gasteiger partial charge in [0, 0.05) is 17.3 Å². The number of benzene rings is 2. The Kier molecular flexibility index (Phi) is 5.07. The molecule has 3 aromatic rings.